The Labute approximate surface area is 171 Å². The standard InChI is InChI=1S/2C7H4F3.C7H5F2.Al/c2*1-4-2-5(8)3-6(9)7(4)10;1-5-2-3-6(8)4-7(5)9;/h2*3H,1H3;2-3H,1H3;. The molecule has 0 saturated heterocycles. The smallest absolute Gasteiger partial charge is 0.208 e. The van der Waals surface area contributed by atoms with Gasteiger partial charge in [-0.2, -0.15) is 0 Å². The van der Waals surface area contributed by atoms with Crippen LogP contribution >= 0.6 is 0 Å². The van der Waals surface area contributed by atoms with Crippen molar-refractivity contribution in [2.75, 3.05) is 0 Å². The van der Waals surface area contributed by atoms with E-state index in [4.69, 9.17) is 0 Å². The molecular formula is C21H13AlF8. The Kier molecular flexibility index (Phi) is 5.99. The van der Waals surface area contributed by atoms with Gasteiger partial charge in [0.25, 0.3) is 0 Å². The van der Waals surface area contributed by atoms with Crippen LogP contribution in [-0.4, -0.2) is 14.1 Å². The first-order valence-electron chi connectivity index (χ1n) is 8.69. The van der Waals surface area contributed by atoms with Gasteiger partial charge in [0.1, 0.15) is 23.3 Å². The van der Waals surface area contributed by atoms with Crippen LogP contribution in [0.3, 0.4) is 0 Å². The first-order chi connectivity index (χ1) is 14.0. The van der Waals surface area contributed by atoms with Crippen molar-refractivity contribution in [3.8, 4) is 0 Å². The van der Waals surface area contributed by atoms with Crippen LogP contribution in [0.4, 0.5) is 35.1 Å². The van der Waals surface area contributed by atoms with E-state index >= 15 is 0 Å². The maximum Gasteiger partial charge on any atom is 0.403 e. The van der Waals surface area contributed by atoms with Crippen molar-refractivity contribution >= 4 is 27.4 Å². The molecule has 0 heterocycles. The van der Waals surface area contributed by atoms with E-state index in [9.17, 15) is 35.1 Å². The second-order valence-electron chi connectivity index (χ2n) is 6.91. The molecule has 0 fully saturated rings. The summed E-state index contributed by atoms with van der Waals surface area (Å²) >= 11 is -3.98. The van der Waals surface area contributed by atoms with Gasteiger partial charge in [-0.1, -0.05) is 14.9 Å². The Morgan fingerprint density at radius 2 is 0.933 bits per heavy atom. The second-order valence-corrected chi connectivity index (χ2v) is 9.51. The summed E-state index contributed by atoms with van der Waals surface area (Å²) in [4.78, 5) is 0. The molecule has 0 N–H and O–H groups in total. The predicted molar refractivity (Wildman–Crippen MR) is 97.9 cm³/mol. The molecule has 156 valence electrons. The fourth-order valence-corrected chi connectivity index (χ4v) is 7.10. The summed E-state index contributed by atoms with van der Waals surface area (Å²) in [6.07, 6.45) is 0. The van der Waals surface area contributed by atoms with Crippen molar-refractivity contribution in [2.24, 2.45) is 0 Å². The van der Waals surface area contributed by atoms with Crippen LogP contribution in [0.15, 0.2) is 24.3 Å². The topological polar surface area (TPSA) is 0 Å². The van der Waals surface area contributed by atoms with Crippen molar-refractivity contribution in [3.63, 3.8) is 0 Å². The molecule has 0 aliphatic rings. The molecule has 0 radical (unpaired) electrons. The van der Waals surface area contributed by atoms with Crippen molar-refractivity contribution in [1.82, 2.24) is 0 Å². The summed E-state index contributed by atoms with van der Waals surface area (Å²) in [5.41, 5.74) is -1.34. The average Bonchev–Trinajstić information content (AvgIpc) is 2.67. The van der Waals surface area contributed by atoms with Crippen LogP contribution in [0.25, 0.3) is 0 Å². The van der Waals surface area contributed by atoms with Crippen molar-refractivity contribution in [2.45, 2.75) is 20.8 Å². The first-order valence-corrected chi connectivity index (χ1v) is 10.4. The zero-order valence-electron chi connectivity index (χ0n) is 15.9. The lowest BCUT2D eigenvalue weighted by Crippen LogP contribution is -2.59. The van der Waals surface area contributed by atoms with Crippen LogP contribution < -0.4 is 13.3 Å². The van der Waals surface area contributed by atoms with Gasteiger partial charge in [-0.05, 0) is 48.0 Å². The molecule has 9 heteroatoms. The molecular weight excluding hydrogens is 431 g/mol. The molecule has 0 nitrogen and oxygen atoms in total. The van der Waals surface area contributed by atoms with Gasteiger partial charge < -0.3 is 0 Å². The third kappa shape index (κ3) is 3.50. The molecule has 0 aliphatic heterocycles. The van der Waals surface area contributed by atoms with E-state index in [-0.39, 0.29) is 17.7 Å². The molecule has 0 spiro atoms. The summed E-state index contributed by atoms with van der Waals surface area (Å²) in [5, 5.41) is 0. The monoisotopic (exact) mass is 444 g/mol. The Hall–Kier alpha value is -2.37. The van der Waals surface area contributed by atoms with E-state index in [0.717, 1.165) is 26.0 Å². The lowest BCUT2D eigenvalue weighted by Gasteiger charge is -2.22. The van der Waals surface area contributed by atoms with Gasteiger partial charge in [0.05, 0.1) is 0 Å². The molecule has 0 bridgehead atoms. The van der Waals surface area contributed by atoms with Crippen molar-refractivity contribution in [1.29, 1.82) is 0 Å². The van der Waals surface area contributed by atoms with E-state index in [1.165, 1.54) is 6.92 Å². The van der Waals surface area contributed by atoms with E-state index in [1.807, 2.05) is 0 Å². The third-order valence-corrected chi connectivity index (χ3v) is 8.77. The molecule has 0 atom stereocenters. The molecule has 3 rings (SSSR count). The number of rotatable bonds is 3. The zero-order valence-corrected chi connectivity index (χ0v) is 17.1. The Balaban J connectivity index is 2.54. The van der Waals surface area contributed by atoms with Crippen molar-refractivity contribution in [3.05, 3.63) is 87.5 Å². The van der Waals surface area contributed by atoms with Gasteiger partial charge in [-0.3, -0.25) is 0 Å². The maximum atomic E-state index is 15.0. The van der Waals surface area contributed by atoms with Crippen LogP contribution in [0.2, 0.25) is 0 Å². The minimum Gasteiger partial charge on any atom is -0.208 e. The largest absolute Gasteiger partial charge is 0.403 e. The third-order valence-electron chi connectivity index (χ3n) is 5.09. The van der Waals surface area contributed by atoms with E-state index < -0.39 is 85.1 Å². The van der Waals surface area contributed by atoms with Gasteiger partial charge >= 0.3 is 14.1 Å². The molecule has 0 aromatic heterocycles. The first kappa shape index (κ1) is 22.3. The average molecular weight is 444 g/mol. The number of hydrogen-bond acceptors (Lipinski definition) is 0. The summed E-state index contributed by atoms with van der Waals surface area (Å²) in [6.45, 7) is 3.21. The summed E-state index contributed by atoms with van der Waals surface area (Å²) < 4.78 is 113. The number of halogens is 8. The van der Waals surface area contributed by atoms with Gasteiger partial charge in [-0.25, -0.2) is 35.1 Å². The zero-order chi connectivity index (χ0) is 22.5. The Bertz CT molecular complexity index is 1110. The maximum absolute atomic E-state index is 15.0. The Morgan fingerprint density at radius 3 is 1.37 bits per heavy atom. The summed E-state index contributed by atoms with van der Waals surface area (Å²) in [6, 6.07) is 2.29. The highest BCUT2D eigenvalue weighted by Gasteiger charge is 2.40. The number of aryl methyl sites for hydroxylation is 1. The molecule has 0 aliphatic carbocycles. The van der Waals surface area contributed by atoms with E-state index in [0.29, 0.717) is 0 Å². The van der Waals surface area contributed by atoms with Crippen LogP contribution in [0.5, 0.6) is 0 Å². The second kappa shape index (κ2) is 8.05. The molecule has 0 saturated carbocycles. The van der Waals surface area contributed by atoms with Gasteiger partial charge in [0.2, 0.25) is 0 Å². The lowest BCUT2D eigenvalue weighted by molar-refractivity contribution is 0.491. The minimum atomic E-state index is -3.98. The summed E-state index contributed by atoms with van der Waals surface area (Å²) in [5.74, 6) is -11.2. The van der Waals surface area contributed by atoms with E-state index in [1.54, 1.807) is 0 Å². The highest BCUT2D eigenvalue weighted by Crippen LogP contribution is 2.19. The molecule has 0 amide bonds. The minimum absolute atomic E-state index is 0.0785. The van der Waals surface area contributed by atoms with Crippen LogP contribution in [-0.2, 0) is 0 Å². The molecule has 30 heavy (non-hydrogen) atoms. The van der Waals surface area contributed by atoms with Crippen LogP contribution in [0, 0.1) is 67.3 Å². The SMILES string of the molecule is Cc1ccc(F)[c]([Al]([c]2c(F)cc(F)c(F)c2C)[c]2c(F)cc(F)c(F)c2C)c1F. The quantitative estimate of drug-likeness (QED) is 0.322. The lowest BCUT2D eigenvalue weighted by atomic mass is 10.2. The Morgan fingerprint density at radius 1 is 0.500 bits per heavy atom. The normalized spacial score (nSPS) is 11.2. The summed E-state index contributed by atoms with van der Waals surface area (Å²) in [7, 11) is 0. The molecule has 3 aromatic carbocycles. The predicted octanol–water partition coefficient (Wildman–Crippen LogP) is 4.24. The number of benzene rings is 3. The van der Waals surface area contributed by atoms with Gasteiger partial charge in [-0.15, -0.1) is 0 Å². The highest BCUT2D eigenvalue weighted by molar-refractivity contribution is 6.96. The van der Waals surface area contributed by atoms with Gasteiger partial charge in [0, 0.05) is 12.1 Å². The fraction of sp³-hybridized carbons (Fsp3) is 0.143. The van der Waals surface area contributed by atoms with Crippen molar-refractivity contribution < 1.29 is 35.1 Å². The number of hydrogen-bond donors (Lipinski definition) is 0. The van der Waals surface area contributed by atoms with E-state index in [2.05, 4.69) is 0 Å². The van der Waals surface area contributed by atoms with Crippen LogP contribution in [0.1, 0.15) is 16.7 Å². The van der Waals surface area contributed by atoms with Gasteiger partial charge in [0.15, 0.2) is 23.3 Å². The highest BCUT2D eigenvalue weighted by atomic mass is 27.2. The molecule has 0 unspecified atom stereocenters. The fourth-order valence-electron chi connectivity index (χ4n) is 3.54. The molecule has 3 aromatic rings.